The Morgan fingerprint density at radius 2 is 1.70 bits per heavy atom. The van der Waals surface area contributed by atoms with Gasteiger partial charge in [-0.15, -0.1) is 0 Å². The number of nitrogens with two attached hydrogens (primary N) is 1. The van der Waals surface area contributed by atoms with Crippen molar-refractivity contribution in [1.82, 2.24) is 9.13 Å². The maximum Gasteiger partial charge on any atom is 0.338 e. The van der Waals surface area contributed by atoms with Gasteiger partial charge in [0.15, 0.2) is 6.61 Å². The van der Waals surface area contributed by atoms with E-state index in [0.29, 0.717) is 10.3 Å². The lowest BCUT2D eigenvalue weighted by Gasteiger charge is -2.11. The Morgan fingerprint density at radius 1 is 1.03 bits per heavy atom. The molecule has 3 aromatic rings. The number of aryl methyl sites for hydroxylation is 1. The van der Waals surface area contributed by atoms with Crippen molar-refractivity contribution in [3.05, 3.63) is 86.1 Å². The molecule has 12 heteroatoms. The smallest absolute Gasteiger partial charge is 0.338 e. The number of nitrogen functional groups attached to an aromatic ring is 1. The minimum absolute atomic E-state index is 0.119. The molecular formula is C25H28N4O7S. The monoisotopic (exact) mass is 528 g/mol. The number of carbonyl (C=O) groups excluding carboxylic acids is 2. The lowest BCUT2D eigenvalue weighted by molar-refractivity contribution is 0.0474. The number of anilines is 2. The van der Waals surface area contributed by atoms with Crippen molar-refractivity contribution in [2.45, 2.75) is 31.1 Å². The number of sulfonamides is 1. The number of ketones is 1. The van der Waals surface area contributed by atoms with Crippen molar-refractivity contribution in [1.29, 1.82) is 0 Å². The number of benzene rings is 2. The Hall–Kier alpha value is -4.19. The molecule has 0 radical (unpaired) electrons. The molecule has 0 spiro atoms. The number of rotatable bonds is 10. The molecule has 0 amide bonds. The van der Waals surface area contributed by atoms with Crippen LogP contribution in [0.2, 0.25) is 0 Å². The second kappa shape index (κ2) is 11.2. The van der Waals surface area contributed by atoms with Gasteiger partial charge >= 0.3 is 11.7 Å². The lowest BCUT2D eigenvalue weighted by atomic mass is 10.1. The molecule has 0 unspecified atom stereocenters. The molecule has 0 aliphatic heterocycles. The summed E-state index contributed by atoms with van der Waals surface area (Å²) in [6.45, 7) is 1.26. The third-order valence-electron chi connectivity index (χ3n) is 5.73. The van der Waals surface area contributed by atoms with E-state index in [-0.39, 0.29) is 16.3 Å². The number of unbranched alkanes of at least 4 members (excludes halogenated alkanes) is 1. The zero-order valence-electron chi connectivity index (χ0n) is 20.7. The van der Waals surface area contributed by atoms with Gasteiger partial charge in [-0.1, -0.05) is 31.5 Å². The molecule has 0 saturated carbocycles. The SMILES string of the molecule is CCCCc1ccc(NS(=O)(=O)c2cccc(C(=O)OCC(=O)c3c(N)n(C)c(=O)n(C)c3=O)c2)cc1. The summed E-state index contributed by atoms with van der Waals surface area (Å²) in [5.41, 5.74) is 4.98. The largest absolute Gasteiger partial charge is 0.454 e. The number of hydrogen-bond donors (Lipinski definition) is 2. The van der Waals surface area contributed by atoms with Crippen molar-refractivity contribution < 1.29 is 22.7 Å². The summed E-state index contributed by atoms with van der Waals surface area (Å²) >= 11 is 0. The normalized spacial score (nSPS) is 11.2. The molecule has 3 N–H and O–H groups in total. The summed E-state index contributed by atoms with van der Waals surface area (Å²) < 4.78 is 34.8. The highest BCUT2D eigenvalue weighted by Crippen LogP contribution is 2.19. The fraction of sp³-hybridized carbons (Fsp3) is 0.280. The topological polar surface area (TPSA) is 160 Å². The van der Waals surface area contributed by atoms with E-state index in [1.807, 2.05) is 12.1 Å². The molecule has 3 rings (SSSR count). The van der Waals surface area contributed by atoms with E-state index in [0.717, 1.165) is 35.5 Å². The van der Waals surface area contributed by atoms with Crippen LogP contribution in [0.1, 0.15) is 46.0 Å². The number of nitrogens with one attached hydrogen (secondary N) is 1. The molecule has 1 aromatic heterocycles. The van der Waals surface area contributed by atoms with Crippen LogP contribution in [0.15, 0.2) is 63.0 Å². The van der Waals surface area contributed by atoms with Crippen LogP contribution in [0, 0.1) is 0 Å². The molecular weight excluding hydrogens is 500 g/mol. The van der Waals surface area contributed by atoms with Crippen molar-refractivity contribution in [2.75, 3.05) is 17.1 Å². The number of nitrogens with zero attached hydrogens (tertiary/aromatic N) is 2. The summed E-state index contributed by atoms with van der Waals surface area (Å²) in [5.74, 6) is -2.24. The Balaban J connectivity index is 1.73. The average molecular weight is 529 g/mol. The van der Waals surface area contributed by atoms with Crippen LogP contribution in [0.4, 0.5) is 11.5 Å². The van der Waals surface area contributed by atoms with E-state index in [1.165, 1.54) is 32.3 Å². The van der Waals surface area contributed by atoms with Gasteiger partial charge in [0.05, 0.1) is 10.5 Å². The molecule has 0 saturated heterocycles. The van der Waals surface area contributed by atoms with E-state index in [1.54, 1.807) is 12.1 Å². The van der Waals surface area contributed by atoms with Crippen molar-refractivity contribution >= 4 is 33.3 Å². The number of esters is 1. The third kappa shape index (κ3) is 6.15. The highest BCUT2D eigenvalue weighted by atomic mass is 32.2. The maximum atomic E-state index is 12.9. The van der Waals surface area contributed by atoms with Gasteiger partial charge in [-0.25, -0.2) is 18.0 Å². The molecule has 196 valence electrons. The minimum Gasteiger partial charge on any atom is -0.454 e. The van der Waals surface area contributed by atoms with Gasteiger partial charge in [0.2, 0.25) is 5.78 Å². The van der Waals surface area contributed by atoms with E-state index < -0.39 is 45.2 Å². The highest BCUT2D eigenvalue weighted by molar-refractivity contribution is 7.92. The average Bonchev–Trinajstić information content (AvgIpc) is 2.89. The number of ether oxygens (including phenoxy) is 1. The molecule has 37 heavy (non-hydrogen) atoms. The van der Waals surface area contributed by atoms with Crippen LogP contribution < -0.4 is 21.7 Å². The summed E-state index contributed by atoms with van der Waals surface area (Å²) in [6.07, 6.45) is 3.00. The summed E-state index contributed by atoms with van der Waals surface area (Å²) in [5, 5.41) is 0. The predicted octanol–water partition coefficient (Wildman–Crippen LogP) is 1.85. The number of aromatic nitrogens is 2. The Bertz CT molecular complexity index is 1560. The summed E-state index contributed by atoms with van der Waals surface area (Å²) in [7, 11) is -1.54. The Labute approximate surface area is 213 Å². The molecule has 2 aromatic carbocycles. The zero-order chi connectivity index (χ0) is 27.3. The first-order chi connectivity index (χ1) is 17.5. The zero-order valence-corrected chi connectivity index (χ0v) is 21.5. The third-order valence-corrected chi connectivity index (χ3v) is 7.11. The highest BCUT2D eigenvalue weighted by Gasteiger charge is 2.22. The lowest BCUT2D eigenvalue weighted by Crippen LogP contribution is -2.42. The maximum absolute atomic E-state index is 12.9. The molecule has 0 aliphatic rings. The van der Waals surface area contributed by atoms with Crippen LogP contribution in [0.25, 0.3) is 0 Å². The first-order valence-corrected chi connectivity index (χ1v) is 12.9. The molecule has 0 bridgehead atoms. The summed E-state index contributed by atoms with van der Waals surface area (Å²) in [4.78, 5) is 49.2. The molecule has 0 atom stereocenters. The predicted molar refractivity (Wildman–Crippen MR) is 138 cm³/mol. The van der Waals surface area contributed by atoms with Crippen molar-refractivity contribution in [3.8, 4) is 0 Å². The first-order valence-electron chi connectivity index (χ1n) is 11.4. The Kier molecular flexibility index (Phi) is 8.33. The van der Waals surface area contributed by atoms with E-state index >= 15 is 0 Å². The summed E-state index contributed by atoms with van der Waals surface area (Å²) in [6, 6.07) is 12.2. The van der Waals surface area contributed by atoms with Gasteiger partial charge in [-0.05, 0) is 48.7 Å². The van der Waals surface area contributed by atoms with Gasteiger partial charge < -0.3 is 10.5 Å². The number of hydrogen-bond acceptors (Lipinski definition) is 8. The number of carbonyl (C=O) groups is 2. The van der Waals surface area contributed by atoms with Crippen molar-refractivity contribution in [2.24, 2.45) is 14.1 Å². The van der Waals surface area contributed by atoms with Gasteiger partial charge in [0, 0.05) is 19.8 Å². The van der Waals surface area contributed by atoms with Gasteiger partial charge in [0.1, 0.15) is 11.4 Å². The van der Waals surface area contributed by atoms with Crippen molar-refractivity contribution in [3.63, 3.8) is 0 Å². The second-order valence-corrected chi connectivity index (χ2v) is 10.1. The fourth-order valence-electron chi connectivity index (χ4n) is 3.53. The molecule has 1 heterocycles. The number of Topliss-reactive ketones (excluding diaryl/α,β-unsaturated/α-hetero) is 1. The Morgan fingerprint density at radius 3 is 2.35 bits per heavy atom. The van der Waals surface area contributed by atoms with E-state index in [2.05, 4.69) is 11.6 Å². The van der Waals surface area contributed by atoms with Gasteiger partial charge in [-0.3, -0.25) is 23.4 Å². The first kappa shape index (κ1) is 27.4. The second-order valence-electron chi connectivity index (χ2n) is 8.40. The quantitative estimate of drug-likeness (QED) is 0.298. The fourth-order valence-corrected chi connectivity index (χ4v) is 4.64. The van der Waals surface area contributed by atoms with E-state index in [9.17, 15) is 27.6 Å². The minimum atomic E-state index is -4.02. The van der Waals surface area contributed by atoms with Crippen LogP contribution in [0.3, 0.4) is 0 Å². The standard InChI is InChI=1S/C25H28N4O7S/c1-4-5-7-16-10-12-18(13-11-16)27-37(34,35)19-9-6-8-17(14-19)24(32)36-15-20(30)21-22(26)28(2)25(33)29(3)23(21)31/h6,8-14,27H,4-5,7,15,26H2,1-3H3. The van der Waals surface area contributed by atoms with Crippen LogP contribution >= 0.6 is 0 Å². The van der Waals surface area contributed by atoms with Crippen LogP contribution in [-0.4, -0.2) is 35.9 Å². The van der Waals surface area contributed by atoms with Crippen LogP contribution in [0.5, 0.6) is 0 Å². The molecule has 11 nitrogen and oxygen atoms in total. The molecule has 0 aliphatic carbocycles. The molecule has 0 fully saturated rings. The van der Waals surface area contributed by atoms with Crippen LogP contribution in [-0.2, 0) is 35.3 Å². The van der Waals surface area contributed by atoms with Gasteiger partial charge in [-0.2, -0.15) is 0 Å². The van der Waals surface area contributed by atoms with Gasteiger partial charge in [0.25, 0.3) is 15.6 Å². The van der Waals surface area contributed by atoms with E-state index in [4.69, 9.17) is 10.5 Å².